The molecule has 0 saturated carbocycles. The monoisotopic (exact) mass is 185 g/mol. The Labute approximate surface area is 81.6 Å². The predicted molar refractivity (Wildman–Crippen MR) is 58.5 cm³/mol. The maximum atomic E-state index is 5.39. The Kier molecular flexibility index (Phi) is 3.36. The molecule has 13 heavy (non-hydrogen) atoms. The molecule has 0 aromatic heterocycles. The van der Waals surface area contributed by atoms with E-state index in [-0.39, 0.29) is 16.9 Å². The maximum absolute atomic E-state index is 5.39. The van der Waals surface area contributed by atoms with Crippen LogP contribution < -0.4 is 11.5 Å². The van der Waals surface area contributed by atoms with E-state index in [1.807, 2.05) is 0 Å². The van der Waals surface area contributed by atoms with Crippen molar-refractivity contribution in [2.75, 3.05) is 0 Å². The first-order valence-corrected chi connectivity index (χ1v) is 4.68. The van der Waals surface area contributed by atoms with Crippen LogP contribution in [0.3, 0.4) is 0 Å². The van der Waals surface area contributed by atoms with Gasteiger partial charge in [0.25, 0.3) is 0 Å². The molecule has 78 valence electrons. The first-order valence-electron chi connectivity index (χ1n) is 4.68. The van der Waals surface area contributed by atoms with Crippen LogP contribution in [0.2, 0.25) is 0 Å². The fourth-order valence-electron chi connectivity index (χ4n) is 1.49. The van der Waals surface area contributed by atoms with E-state index in [4.69, 9.17) is 11.5 Å². The highest BCUT2D eigenvalue weighted by molar-refractivity contribution is 5.76. The third kappa shape index (κ3) is 3.66. The van der Waals surface area contributed by atoms with Gasteiger partial charge < -0.3 is 11.5 Å². The Balaban J connectivity index is 4.75. The summed E-state index contributed by atoms with van der Waals surface area (Å²) in [7, 11) is 0. The van der Waals surface area contributed by atoms with Gasteiger partial charge in [-0.15, -0.1) is 0 Å². The summed E-state index contributed by atoms with van der Waals surface area (Å²) in [4.78, 5) is 4.25. The molecule has 0 rings (SSSR count). The van der Waals surface area contributed by atoms with Crippen LogP contribution in [-0.4, -0.2) is 11.5 Å². The average molecular weight is 185 g/mol. The van der Waals surface area contributed by atoms with Gasteiger partial charge in [-0.05, 0) is 25.2 Å². The lowest BCUT2D eigenvalue weighted by atomic mass is 9.72. The van der Waals surface area contributed by atoms with Crippen LogP contribution >= 0.6 is 0 Å². The molecule has 0 aliphatic carbocycles. The molecule has 0 amide bonds. The summed E-state index contributed by atoms with van der Waals surface area (Å²) in [6.45, 7) is 12.9. The number of nitrogens with zero attached hydrogens (tertiary/aromatic N) is 1. The van der Waals surface area contributed by atoms with Gasteiger partial charge in [0.2, 0.25) is 0 Å². The van der Waals surface area contributed by atoms with Crippen molar-refractivity contribution in [3.8, 4) is 0 Å². The lowest BCUT2D eigenvalue weighted by Gasteiger charge is -2.37. The predicted octanol–water partition coefficient (Wildman–Crippen LogP) is 1.72. The van der Waals surface area contributed by atoms with Crippen LogP contribution in [-0.2, 0) is 0 Å². The van der Waals surface area contributed by atoms with E-state index in [0.29, 0.717) is 5.92 Å². The maximum Gasteiger partial charge on any atom is 0.186 e. The zero-order chi connectivity index (χ0) is 10.9. The lowest BCUT2D eigenvalue weighted by molar-refractivity contribution is 0.172. The minimum Gasteiger partial charge on any atom is -0.370 e. The molecule has 1 unspecified atom stereocenters. The Morgan fingerprint density at radius 2 is 1.46 bits per heavy atom. The molecule has 0 aliphatic rings. The largest absolute Gasteiger partial charge is 0.370 e. The van der Waals surface area contributed by atoms with Crippen molar-refractivity contribution in [2.45, 2.75) is 47.1 Å². The Bertz CT molecular complexity index is 195. The average Bonchev–Trinajstić information content (AvgIpc) is 1.80. The van der Waals surface area contributed by atoms with E-state index in [1.165, 1.54) is 0 Å². The molecule has 1 atom stereocenters. The first kappa shape index (κ1) is 12.3. The molecular formula is C10H23N3. The van der Waals surface area contributed by atoms with E-state index in [0.717, 1.165) is 0 Å². The van der Waals surface area contributed by atoms with Crippen LogP contribution in [0.5, 0.6) is 0 Å². The summed E-state index contributed by atoms with van der Waals surface area (Å²) < 4.78 is 0. The van der Waals surface area contributed by atoms with E-state index < -0.39 is 0 Å². The van der Waals surface area contributed by atoms with E-state index in [2.05, 4.69) is 46.5 Å². The number of hydrogen-bond donors (Lipinski definition) is 2. The summed E-state index contributed by atoms with van der Waals surface area (Å²) >= 11 is 0. The summed E-state index contributed by atoms with van der Waals surface area (Å²) in [6.07, 6.45) is 0. The van der Waals surface area contributed by atoms with Crippen molar-refractivity contribution >= 4 is 5.96 Å². The Morgan fingerprint density at radius 1 is 1.08 bits per heavy atom. The van der Waals surface area contributed by atoms with Gasteiger partial charge in [-0.1, -0.05) is 27.7 Å². The molecule has 3 nitrogen and oxygen atoms in total. The second-order valence-corrected chi connectivity index (χ2v) is 5.28. The van der Waals surface area contributed by atoms with Gasteiger partial charge in [-0.2, -0.15) is 0 Å². The minimum absolute atomic E-state index is 0.168. The molecule has 4 N–H and O–H groups in total. The lowest BCUT2D eigenvalue weighted by Crippen LogP contribution is -2.39. The Hall–Kier alpha value is -0.730. The molecule has 0 fully saturated rings. The summed E-state index contributed by atoms with van der Waals surface area (Å²) in [5.74, 6) is 0.586. The van der Waals surface area contributed by atoms with Gasteiger partial charge in [0, 0.05) is 0 Å². The van der Waals surface area contributed by atoms with E-state index in [9.17, 15) is 0 Å². The number of hydrogen-bond acceptors (Lipinski definition) is 1. The normalized spacial score (nSPS) is 15.2. The van der Waals surface area contributed by atoms with Crippen molar-refractivity contribution in [3.05, 3.63) is 0 Å². The van der Waals surface area contributed by atoms with Crippen molar-refractivity contribution in [1.82, 2.24) is 0 Å². The molecule has 0 aliphatic heterocycles. The molecule has 3 heteroatoms. The van der Waals surface area contributed by atoms with Crippen molar-refractivity contribution in [1.29, 1.82) is 0 Å². The second kappa shape index (κ2) is 3.56. The number of aliphatic imine (C=N–C) groups is 1. The molecule has 0 spiro atoms. The third-order valence-electron chi connectivity index (χ3n) is 2.78. The van der Waals surface area contributed by atoms with Crippen LogP contribution in [0.15, 0.2) is 4.99 Å². The second-order valence-electron chi connectivity index (χ2n) is 5.28. The van der Waals surface area contributed by atoms with E-state index >= 15 is 0 Å². The first-order chi connectivity index (χ1) is 5.57. The highest BCUT2D eigenvalue weighted by atomic mass is 15.0. The molecule has 0 saturated heterocycles. The van der Waals surface area contributed by atoms with E-state index in [1.54, 1.807) is 0 Å². The highest BCUT2D eigenvalue weighted by Crippen LogP contribution is 2.36. The quantitative estimate of drug-likeness (QED) is 0.508. The van der Waals surface area contributed by atoms with Gasteiger partial charge in [-0.3, -0.25) is 0 Å². The molecule has 0 bridgehead atoms. The van der Waals surface area contributed by atoms with Gasteiger partial charge in [0.15, 0.2) is 5.96 Å². The third-order valence-corrected chi connectivity index (χ3v) is 2.78. The van der Waals surface area contributed by atoms with Crippen LogP contribution in [0.1, 0.15) is 41.5 Å². The topological polar surface area (TPSA) is 64.4 Å². The van der Waals surface area contributed by atoms with Crippen molar-refractivity contribution in [2.24, 2.45) is 27.8 Å². The fourth-order valence-corrected chi connectivity index (χ4v) is 1.49. The highest BCUT2D eigenvalue weighted by Gasteiger charge is 2.34. The molecular weight excluding hydrogens is 162 g/mol. The smallest absolute Gasteiger partial charge is 0.186 e. The summed E-state index contributed by atoms with van der Waals surface area (Å²) in [5, 5.41) is 0. The summed E-state index contributed by atoms with van der Waals surface area (Å²) in [5.41, 5.74) is 10.8. The van der Waals surface area contributed by atoms with Crippen molar-refractivity contribution in [3.63, 3.8) is 0 Å². The molecule has 0 radical (unpaired) electrons. The standard InChI is InChI=1S/C10H23N3/c1-7(9(2,3)4)10(5,6)13-8(11)12/h7H,1-6H3,(H4,11,12,13). The SMILES string of the molecule is CC(C(C)(C)C)C(C)(C)N=C(N)N. The minimum atomic E-state index is -0.197. The van der Waals surface area contributed by atoms with Gasteiger partial charge in [-0.25, -0.2) is 4.99 Å². The summed E-state index contributed by atoms with van der Waals surface area (Å²) in [6, 6.07) is 0. The Morgan fingerprint density at radius 3 is 1.69 bits per heavy atom. The number of guanidine groups is 1. The zero-order valence-electron chi connectivity index (χ0n) is 9.68. The van der Waals surface area contributed by atoms with Crippen LogP contribution in [0.25, 0.3) is 0 Å². The van der Waals surface area contributed by atoms with Crippen molar-refractivity contribution < 1.29 is 0 Å². The molecule has 0 heterocycles. The molecule has 0 aromatic rings. The van der Waals surface area contributed by atoms with Gasteiger partial charge in [0.1, 0.15) is 0 Å². The van der Waals surface area contributed by atoms with Gasteiger partial charge >= 0.3 is 0 Å². The van der Waals surface area contributed by atoms with Gasteiger partial charge in [0.05, 0.1) is 5.54 Å². The molecule has 0 aromatic carbocycles. The number of rotatable bonds is 2. The fraction of sp³-hybridized carbons (Fsp3) is 0.900. The zero-order valence-corrected chi connectivity index (χ0v) is 9.68. The number of nitrogens with two attached hydrogens (primary N) is 2. The van der Waals surface area contributed by atoms with Crippen LogP contribution in [0, 0.1) is 11.3 Å². The van der Waals surface area contributed by atoms with Crippen LogP contribution in [0.4, 0.5) is 0 Å².